The molecule has 66 valence electrons. The molecule has 0 nitrogen and oxygen atoms in total. The lowest BCUT2D eigenvalue weighted by Gasteiger charge is -2.09. The number of rotatable bonds is 0. The van der Waals surface area contributed by atoms with Crippen LogP contribution in [0.1, 0.15) is 5.56 Å². The van der Waals surface area contributed by atoms with Gasteiger partial charge >= 0.3 is 0 Å². The summed E-state index contributed by atoms with van der Waals surface area (Å²) >= 11 is 17.4. The van der Waals surface area contributed by atoms with Gasteiger partial charge in [-0.25, -0.2) is 0 Å². The fourth-order valence-corrected chi connectivity index (χ4v) is 3.96. The fraction of sp³-hybridized carbons (Fsp3) is 0.143. The van der Waals surface area contributed by atoms with Gasteiger partial charge in [-0.05, 0) is 92.1 Å². The summed E-state index contributed by atoms with van der Waals surface area (Å²) in [6.45, 7) is 2.04. The van der Waals surface area contributed by atoms with E-state index in [1.807, 2.05) is 6.92 Å². The average Bonchev–Trinajstić information content (AvgIpc) is 2.08. The molecule has 1 aromatic carbocycles. The molecule has 0 N–H and O–H groups in total. The van der Waals surface area contributed by atoms with Gasteiger partial charge in [-0.2, -0.15) is 0 Å². The van der Waals surface area contributed by atoms with Gasteiger partial charge in [0.25, 0.3) is 0 Å². The molecule has 0 saturated heterocycles. The average molecular weight is 487 g/mol. The van der Waals surface area contributed by atoms with Crippen molar-refractivity contribution >= 4 is 79.6 Å². The summed E-state index contributed by atoms with van der Waals surface area (Å²) in [5, 5.41) is 0. The van der Waals surface area contributed by atoms with E-state index in [-0.39, 0.29) is 0 Å². The minimum Gasteiger partial charge on any atom is -0.0492 e. The van der Waals surface area contributed by atoms with Crippen LogP contribution in [0, 0.1) is 6.92 Å². The second-order valence-corrected chi connectivity index (χ2v) is 6.16. The third kappa shape index (κ3) is 2.00. The van der Waals surface area contributed by atoms with Crippen molar-refractivity contribution in [3.63, 3.8) is 0 Å². The molecule has 0 amide bonds. The molecule has 0 spiro atoms. The Kier molecular flexibility index (Phi) is 4.31. The van der Waals surface area contributed by atoms with Gasteiger partial charge in [-0.3, -0.25) is 0 Å². The van der Waals surface area contributed by atoms with E-state index >= 15 is 0 Å². The van der Waals surface area contributed by atoms with Crippen LogP contribution in [0.3, 0.4) is 0 Å². The number of hydrogen-bond acceptors (Lipinski definition) is 0. The monoisotopic (exact) mass is 482 g/mol. The SMILES string of the molecule is Cc1c(Br)c(Br)c(Br)c(Br)c1Br. The van der Waals surface area contributed by atoms with Crippen LogP contribution in [0.4, 0.5) is 0 Å². The van der Waals surface area contributed by atoms with E-state index in [0.29, 0.717) is 0 Å². The zero-order valence-electron chi connectivity index (χ0n) is 5.89. The van der Waals surface area contributed by atoms with Crippen LogP contribution >= 0.6 is 79.6 Å². The second-order valence-electron chi connectivity index (χ2n) is 2.19. The molecular formula is C7H3Br5. The van der Waals surface area contributed by atoms with Crippen LogP contribution < -0.4 is 0 Å². The lowest BCUT2D eigenvalue weighted by molar-refractivity contribution is 1.33. The molecule has 1 rings (SSSR count). The maximum atomic E-state index is 3.49. The van der Waals surface area contributed by atoms with E-state index in [0.717, 1.165) is 27.9 Å². The Bertz CT molecular complexity index is 226. The zero-order valence-corrected chi connectivity index (χ0v) is 13.8. The van der Waals surface area contributed by atoms with Crippen molar-refractivity contribution in [1.82, 2.24) is 0 Å². The van der Waals surface area contributed by atoms with Crippen LogP contribution in [0.15, 0.2) is 22.4 Å². The Hall–Kier alpha value is 1.62. The van der Waals surface area contributed by atoms with E-state index < -0.39 is 0 Å². The Morgan fingerprint density at radius 2 is 0.833 bits per heavy atom. The van der Waals surface area contributed by atoms with Crippen molar-refractivity contribution in [1.29, 1.82) is 0 Å². The topological polar surface area (TPSA) is 0 Å². The summed E-state index contributed by atoms with van der Waals surface area (Å²) < 4.78 is 5.17. The van der Waals surface area contributed by atoms with Crippen molar-refractivity contribution in [3.05, 3.63) is 27.9 Å². The van der Waals surface area contributed by atoms with Gasteiger partial charge in [-0.1, -0.05) is 0 Å². The largest absolute Gasteiger partial charge is 0.0492 e. The molecule has 0 atom stereocenters. The quantitative estimate of drug-likeness (QED) is 0.321. The predicted octanol–water partition coefficient (Wildman–Crippen LogP) is 5.81. The molecule has 0 aliphatic rings. The molecule has 0 saturated carbocycles. The lowest BCUT2D eigenvalue weighted by atomic mass is 10.2. The zero-order chi connectivity index (χ0) is 9.46. The number of hydrogen-bond donors (Lipinski definition) is 0. The van der Waals surface area contributed by atoms with Gasteiger partial charge in [-0.15, -0.1) is 0 Å². The van der Waals surface area contributed by atoms with Gasteiger partial charge in [0.1, 0.15) is 0 Å². The Morgan fingerprint density at radius 3 is 1.17 bits per heavy atom. The minimum absolute atomic E-state index is 1.01. The van der Waals surface area contributed by atoms with E-state index in [9.17, 15) is 0 Å². The Morgan fingerprint density at radius 1 is 0.583 bits per heavy atom. The normalized spacial score (nSPS) is 10.5. The van der Waals surface area contributed by atoms with Gasteiger partial charge in [0.05, 0.1) is 0 Å². The summed E-state index contributed by atoms with van der Waals surface area (Å²) in [6, 6.07) is 0. The molecule has 0 heterocycles. The molecule has 0 fully saturated rings. The summed E-state index contributed by atoms with van der Waals surface area (Å²) in [6.07, 6.45) is 0. The molecule has 0 aliphatic carbocycles. The van der Waals surface area contributed by atoms with Gasteiger partial charge in [0, 0.05) is 22.4 Å². The molecule has 1 aromatic rings. The first kappa shape index (κ1) is 11.7. The minimum atomic E-state index is 1.01. The van der Waals surface area contributed by atoms with E-state index in [4.69, 9.17) is 0 Å². The van der Waals surface area contributed by atoms with Gasteiger partial charge < -0.3 is 0 Å². The van der Waals surface area contributed by atoms with Crippen molar-refractivity contribution in [2.75, 3.05) is 0 Å². The maximum absolute atomic E-state index is 3.49. The molecular weight excluding hydrogens is 484 g/mol. The third-order valence-electron chi connectivity index (χ3n) is 1.43. The highest BCUT2D eigenvalue weighted by atomic mass is 79.9. The number of halogens is 5. The molecule has 0 aromatic heterocycles. The van der Waals surface area contributed by atoms with Crippen molar-refractivity contribution in [2.45, 2.75) is 6.92 Å². The fourth-order valence-electron chi connectivity index (χ4n) is 0.715. The van der Waals surface area contributed by atoms with Crippen LogP contribution in [0.5, 0.6) is 0 Å². The third-order valence-corrected chi connectivity index (χ3v) is 7.92. The van der Waals surface area contributed by atoms with Crippen molar-refractivity contribution in [3.8, 4) is 0 Å². The molecule has 0 unspecified atom stereocenters. The Labute approximate surface area is 113 Å². The van der Waals surface area contributed by atoms with Crippen molar-refractivity contribution in [2.24, 2.45) is 0 Å². The van der Waals surface area contributed by atoms with Crippen molar-refractivity contribution < 1.29 is 0 Å². The first-order valence-corrected chi connectivity index (χ1v) is 6.91. The highest BCUT2D eigenvalue weighted by molar-refractivity contribution is 9.15. The molecule has 12 heavy (non-hydrogen) atoms. The summed E-state index contributed by atoms with van der Waals surface area (Å²) in [5.74, 6) is 0. The van der Waals surface area contributed by atoms with Crippen LogP contribution in [-0.2, 0) is 0 Å². The Balaban J connectivity index is 3.60. The van der Waals surface area contributed by atoms with E-state index in [1.54, 1.807) is 0 Å². The molecule has 0 radical (unpaired) electrons. The summed E-state index contributed by atoms with van der Waals surface area (Å²) in [7, 11) is 0. The lowest BCUT2D eigenvalue weighted by Crippen LogP contribution is -1.84. The maximum Gasteiger partial charge on any atom is 0.0482 e. The molecule has 0 bridgehead atoms. The highest BCUT2D eigenvalue weighted by Crippen LogP contribution is 2.43. The molecule has 0 aliphatic heterocycles. The van der Waals surface area contributed by atoms with E-state index in [1.165, 1.54) is 0 Å². The van der Waals surface area contributed by atoms with Crippen LogP contribution in [0.25, 0.3) is 0 Å². The standard InChI is InChI=1S/C7H3Br5/c1-2-3(8)5(10)7(12)6(11)4(2)9/h1H3. The van der Waals surface area contributed by atoms with Crippen LogP contribution in [0.2, 0.25) is 0 Å². The first-order chi connectivity index (χ1) is 5.46. The first-order valence-electron chi connectivity index (χ1n) is 2.94. The summed E-state index contributed by atoms with van der Waals surface area (Å²) in [4.78, 5) is 0. The van der Waals surface area contributed by atoms with Gasteiger partial charge in [0.15, 0.2) is 0 Å². The summed E-state index contributed by atoms with van der Waals surface area (Å²) in [5.41, 5.74) is 1.16. The smallest absolute Gasteiger partial charge is 0.0482 e. The predicted molar refractivity (Wildman–Crippen MR) is 69.7 cm³/mol. The molecule has 5 heteroatoms. The van der Waals surface area contributed by atoms with Crippen LogP contribution in [-0.4, -0.2) is 0 Å². The highest BCUT2D eigenvalue weighted by Gasteiger charge is 2.13. The van der Waals surface area contributed by atoms with Gasteiger partial charge in [0.2, 0.25) is 0 Å². The van der Waals surface area contributed by atoms with E-state index in [2.05, 4.69) is 79.6 Å². The second kappa shape index (κ2) is 4.43. The number of benzene rings is 1.